The molecule has 0 N–H and O–H groups in total. The van der Waals surface area contributed by atoms with Gasteiger partial charge in [-0.2, -0.15) is 0 Å². The summed E-state index contributed by atoms with van der Waals surface area (Å²) >= 11 is 1.58. The summed E-state index contributed by atoms with van der Waals surface area (Å²) in [5.74, 6) is 1.44. The fourth-order valence-corrected chi connectivity index (χ4v) is 3.90. The van der Waals surface area contributed by atoms with Crippen LogP contribution in [0.1, 0.15) is 19.8 Å². The smallest absolute Gasteiger partial charge is 0.190 e. The lowest BCUT2D eigenvalue weighted by molar-refractivity contribution is 0.142. The van der Waals surface area contributed by atoms with Gasteiger partial charge in [0.1, 0.15) is 22.9 Å². The van der Waals surface area contributed by atoms with Gasteiger partial charge in [0, 0.05) is 38.3 Å². The van der Waals surface area contributed by atoms with Gasteiger partial charge in [-0.1, -0.05) is 5.21 Å². The summed E-state index contributed by atoms with van der Waals surface area (Å²) in [4.78, 5) is 5.77. The van der Waals surface area contributed by atoms with Crippen LogP contribution in [-0.4, -0.2) is 47.0 Å². The number of hydrogen-bond acceptors (Lipinski definition) is 7. The van der Waals surface area contributed by atoms with Gasteiger partial charge < -0.3 is 18.8 Å². The second-order valence-corrected chi connectivity index (χ2v) is 7.19. The third-order valence-electron chi connectivity index (χ3n) is 4.50. The number of aryl methyl sites for hydroxylation is 1. The van der Waals surface area contributed by atoms with Crippen LogP contribution in [0.2, 0.25) is 0 Å². The number of nitrogens with zero attached hydrogens (tertiary/aromatic N) is 5. The van der Waals surface area contributed by atoms with Gasteiger partial charge in [-0.3, -0.25) is 0 Å². The first-order valence-corrected chi connectivity index (χ1v) is 10.4. The third kappa shape index (κ3) is 5.04. The van der Waals surface area contributed by atoms with E-state index in [2.05, 4.69) is 20.3 Å². The molecule has 9 heteroatoms. The van der Waals surface area contributed by atoms with Crippen molar-refractivity contribution in [3.8, 4) is 22.9 Å². The van der Waals surface area contributed by atoms with Crippen LogP contribution in [-0.2, 0) is 18.3 Å². The Hall–Kier alpha value is -2.65. The van der Waals surface area contributed by atoms with E-state index in [-0.39, 0.29) is 0 Å². The first kappa shape index (κ1) is 21.1. The van der Waals surface area contributed by atoms with E-state index in [9.17, 15) is 0 Å². The van der Waals surface area contributed by atoms with Crippen LogP contribution in [0.4, 0.5) is 5.69 Å². The Morgan fingerprint density at radius 2 is 2.00 bits per heavy atom. The van der Waals surface area contributed by atoms with Gasteiger partial charge in [-0.05, 0) is 31.9 Å². The Kier molecular flexibility index (Phi) is 7.42. The van der Waals surface area contributed by atoms with Crippen molar-refractivity contribution in [2.24, 2.45) is 12.0 Å². The Bertz CT molecular complexity index is 992. The summed E-state index contributed by atoms with van der Waals surface area (Å²) in [7, 11) is 5.17. The Morgan fingerprint density at radius 1 is 1.14 bits per heavy atom. The zero-order chi connectivity index (χ0) is 20.6. The molecule has 3 rings (SSSR count). The van der Waals surface area contributed by atoms with E-state index in [1.54, 1.807) is 36.4 Å². The lowest BCUT2D eigenvalue weighted by Crippen LogP contribution is -2.17. The van der Waals surface area contributed by atoms with Crippen LogP contribution in [0, 0.1) is 0 Å². The van der Waals surface area contributed by atoms with Gasteiger partial charge in [0.25, 0.3) is 0 Å². The Morgan fingerprint density at radius 3 is 2.69 bits per heavy atom. The predicted octanol–water partition coefficient (Wildman–Crippen LogP) is 3.41. The summed E-state index contributed by atoms with van der Waals surface area (Å²) < 4.78 is 20.3. The van der Waals surface area contributed by atoms with Crippen molar-refractivity contribution in [3.63, 3.8) is 0 Å². The number of hydrogen-bond donors (Lipinski definition) is 0. The average molecular weight is 418 g/mol. The molecule has 0 spiro atoms. The molecule has 0 unspecified atom stereocenters. The standard InChI is InChI=1S/C20H27N5O3S/c1-5-28-11-7-6-10-25-18(17-13-21-23-24(17)2)14-29-20(25)22-16-12-15(26-3)8-9-19(16)27-4/h8-9,12-14H,5-7,10-11H2,1-4H3. The van der Waals surface area contributed by atoms with E-state index in [0.717, 1.165) is 60.2 Å². The van der Waals surface area contributed by atoms with E-state index in [4.69, 9.17) is 19.2 Å². The summed E-state index contributed by atoms with van der Waals surface area (Å²) in [6.07, 6.45) is 3.74. The number of ether oxygens (including phenoxy) is 3. The minimum atomic E-state index is 0.700. The summed E-state index contributed by atoms with van der Waals surface area (Å²) in [6.45, 7) is 4.34. The molecule has 0 atom stereocenters. The molecule has 0 saturated heterocycles. The molecule has 0 aliphatic heterocycles. The maximum absolute atomic E-state index is 5.49. The van der Waals surface area contributed by atoms with Crippen LogP contribution < -0.4 is 14.3 Å². The van der Waals surface area contributed by atoms with Crippen LogP contribution in [0.3, 0.4) is 0 Å². The minimum Gasteiger partial charge on any atom is -0.497 e. The molecule has 0 amide bonds. The molecule has 3 aromatic rings. The van der Waals surface area contributed by atoms with Crippen molar-refractivity contribution in [2.75, 3.05) is 27.4 Å². The molecule has 0 aliphatic rings. The number of rotatable bonds is 10. The molecule has 0 bridgehead atoms. The molecule has 2 aromatic heterocycles. The topological polar surface area (TPSA) is 75.7 Å². The first-order valence-electron chi connectivity index (χ1n) is 9.55. The number of aromatic nitrogens is 4. The SMILES string of the molecule is CCOCCCCn1c(-c2cnnn2C)csc1=Nc1cc(OC)ccc1OC. The van der Waals surface area contributed by atoms with Gasteiger partial charge in [-0.15, -0.1) is 16.4 Å². The Balaban J connectivity index is 2.01. The summed E-state index contributed by atoms with van der Waals surface area (Å²) in [5.41, 5.74) is 2.72. The fourth-order valence-electron chi connectivity index (χ4n) is 2.97. The second-order valence-electron chi connectivity index (χ2n) is 6.35. The zero-order valence-corrected chi connectivity index (χ0v) is 18.1. The molecule has 156 valence electrons. The second kappa shape index (κ2) is 10.2. The highest BCUT2D eigenvalue weighted by molar-refractivity contribution is 7.07. The lowest BCUT2D eigenvalue weighted by Gasteiger charge is -2.10. The van der Waals surface area contributed by atoms with Gasteiger partial charge in [0.15, 0.2) is 4.80 Å². The fraction of sp³-hybridized carbons (Fsp3) is 0.450. The van der Waals surface area contributed by atoms with Gasteiger partial charge in [0.05, 0.1) is 26.1 Å². The zero-order valence-electron chi connectivity index (χ0n) is 17.3. The molecular weight excluding hydrogens is 390 g/mol. The van der Waals surface area contributed by atoms with Crippen molar-refractivity contribution in [2.45, 2.75) is 26.3 Å². The van der Waals surface area contributed by atoms with E-state index in [0.29, 0.717) is 5.75 Å². The van der Waals surface area contributed by atoms with E-state index in [1.165, 1.54) is 0 Å². The molecular formula is C20H27N5O3S. The molecule has 0 radical (unpaired) electrons. The van der Waals surface area contributed by atoms with E-state index < -0.39 is 0 Å². The molecule has 8 nitrogen and oxygen atoms in total. The largest absolute Gasteiger partial charge is 0.497 e. The molecule has 0 aliphatic carbocycles. The molecule has 29 heavy (non-hydrogen) atoms. The molecule has 0 fully saturated rings. The molecule has 0 saturated carbocycles. The van der Waals surface area contributed by atoms with Crippen LogP contribution >= 0.6 is 11.3 Å². The predicted molar refractivity (Wildman–Crippen MR) is 113 cm³/mol. The highest BCUT2D eigenvalue weighted by Crippen LogP contribution is 2.31. The lowest BCUT2D eigenvalue weighted by atomic mass is 10.3. The van der Waals surface area contributed by atoms with Gasteiger partial charge >= 0.3 is 0 Å². The molecule has 1 aromatic carbocycles. The van der Waals surface area contributed by atoms with Crippen LogP contribution in [0.25, 0.3) is 11.4 Å². The maximum Gasteiger partial charge on any atom is 0.190 e. The van der Waals surface area contributed by atoms with E-state index >= 15 is 0 Å². The van der Waals surface area contributed by atoms with Gasteiger partial charge in [-0.25, -0.2) is 9.67 Å². The van der Waals surface area contributed by atoms with Crippen LogP contribution in [0.5, 0.6) is 11.5 Å². The summed E-state index contributed by atoms with van der Waals surface area (Å²) in [5, 5.41) is 10.2. The van der Waals surface area contributed by atoms with E-state index in [1.807, 2.05) is 32.2 Å². The number of benzene rings is 1. The Labute approximate surface area is 174 Å². The van der Waals surface area contributed by atoms with Crippen molar-refractivity contribution >= 4 is 17.0 Å². The third-order valence-corrected chi connectivity index (χ3v) is 5.36. The highest BCUT2D eigenvalue weighted by Gasteiger charge is 2.13. The minimum absolute atomic E-state index is 0.700. The van der Waals surface area contributed by atoms with Crippen molar-refractivity contribution in [3.05, 3.63) is 34.6 Å². The molecule has 2 heterocycles. The normalized spacial score (nSPS) is 11.8. The van der Waals surface area contributed by atoms with Gasteiger partial charge in [0.2, 0.25) is 0 Å². The first-order chi connectivity index (χ1) is 14.2. The monoisotopic (exact) mass is 417 g/mol. The van der Waals surface area contributed by atoms with Crippen molar-refractivity contribution < 1.29 is 14.2 Å². The number of unbranched alkanes of at least 4 members (excludes halogenated alkanes) is 1. The highest BCUT2D eigenvalue weighted by atomic mass is 32.1. The number of methoxy groups -OCH3 is 2. The van der Waals surface area contributed by atoms with Crippen LogP contribution in [0.15, 0.2) is 34.8 Å². The maximum atomic E-state index is 5.49. The number of thiazole rings is 1. The van der Waals surface area contributed by atoms with Crippen molar-refractivity contribution in [1.82, 2.24) is 19.6 Å². The summed E-state index contributed by atoms with van der Waals surface area (Å²) in [6, 6.07) is 5.60. The van der Waals surface area contributed by atoms with Crippen molar-refractivity contribution in [1.29, 1.82) is 0 Å². The quantitative estimate of drug-likeness (QED) is 0.473. The average Bonchev–Trinajstić information content (AvgIpc) is 3.33.